The quantitative estimate of drug-likeness (QED) is 0.890. The standard InChI is InChI=1S/C13H18N2OS/c1-10(9-14-2)13(16)15-7-8-17-12-6-4-3-5-11(12)15/h3-6,10,14H,7-9H2,1-2H3. The Morgan fingerprint density at radius 2 is 2.29 bits per heavy atom. The summed E-state index contributed by atoms with van der Waals surface area (Å²) < 4.78 is 0. The largest absolute Gasteiger partial charge is 0.319 e. The van der Waals surface area contributed by atoms with Crippen LogP contribution in [0.2, 0.25) is 0 Å². The monoisotopic (exact) mass is 250 g/mol. The van der Waals surface area contributed by atoms with E-state index in [-0.39, 0.29) is 11.8 Å². The molecule has 0 aliphatic carbocycles. The number of anilines is 1. The van der Waals surface area contributed by atoms with Gasteiger partial charge in [0.05, 0.1) is 5.69 Å². The van der Waals surface area contributed by atoms with E-state index in [1.807, 2.05) is 48.8 Å². The fourth-order valence-corrected chi connectivity index (χ4v) is 3.05. The Labute approximate surface area is 107 Å². The van der Waals surface area contributed by atoms with Crippen molar-refractivity contribution in [1.29, 1.82) is 0 Å². The third-order valence-electron chi connectivity index (χ3n) is 2.93. The summed E-state index contributed by atoms with van der Waals surface area (Å²) in [7, 11) is 1.88. The van der Waals surface area contributed by atoms with Crippen LogP contribution in [0.15, 0.2) is 29.2 Å². The van der Waals surface area contributed by atoms with Gasteiger partial charge in [-0.1, -0.05) is 19.1 Å². The van der Waals surface area contributed by atoms with Gasteiger partial charge in [-0.2, -0.15) is 0 Å². The number of nitrogens with one attached hydrogen (secondary N) is 1. The number of benzene rings is 1. The zero-order valence-electron chi connectivity index (χ0n) is 10.3. The Kier molecular flexibility index (Phi) is 4.07. The second-order valence-corrected chi connectivity index (χ2v) is 5.40. The molecule has 0 saturated heterocycles. The van der Waals surface area contributed by atoms with Crippen LogP contribution in [0.1, 0.15) is 6.92 Å². The zero-order valence-corrected chi connectivity index (χ0v) is 11.1. The third kappa shape index (κ3) is 2.64. The van der Waals surface area contributed by atoms with Crippen LogP contribution in [0.4, 0.5) is 5.69 Å². The second-order valence-electron chi connectivity index (χ2n) is 4.26. The van der Waals surface area contributed by atoms with Gasteiger partial charge >= 0.3 is 0 Å². The zero-order chi connectivity index (χ0) is 12.3. The second kappa shape index (κ2) is 5.56. The Bertz CT molecular complexity index is 408. The van der Waals surface area contributed by atoms with Gasteiger partial charge in [-0.25, -0.2) is 0 Å². The minimum absolute atomic E-state index is 0.0242. The summed E-state index contributed by atoms with van der Waals surface area (Å²) in [5.41, 5.74) is 1.07. The number of nitrogens with zero attached hydrogens (tertiary/aromatic N) is 1. The van der Waals surface area contributed by atoms with Crippen molar-refractivity contribution in [1.82, 2.24) is 5.32 Å². The molecular weight excluding hydrogens is 232 g/mol. The lowest BCUT2D eigenvalue weighted by Gasteiger charge is -2.31. The Morgan fingerprint density at radius 3 is 3.06 bits per heavy atom. The van der Waals surface area contributed by atoms with Crippen molar-refractivity contribution in [2.24, 2.45) is 5.92 Å². The lowest BCUT2D eigenvalue weighted by molar-refractivity contribution is -0.121. The molecule has 0 spiro atoms. The van der Waals surface area contributed by atoms with Crippen LogP contribution in [0, 0.1) is 5.92 Å². The summed E-state index contributed by atoms with van der Waals surface area (Å²) in [6.07, 6.45) is 0. The maximum Gasteiger partial charge on any atom is 0.231 e. The molecule has 17 heavy (non-hydrogen) atoms. The molecule has 1 unspecified atom stereocenters. The molecule has 3 nitrogen and oxygen atoms in total. The molecule has 0 fully saturated rings. The van der Waals surface area contributed by atoms with E-state index in [1.54, 1.807) is 0 Å². The molecule has 1 atom stereocenters. The van der Waals surface area contributed by atoms with Crippen LogP contribution in [0.5, 0.6) is 0 Å². The third-order valence-corrected chi connectivity index (χ3v) is 3.97. The normalized spacial score (nSPS) is 16.5. The molecule has 0 bridgehead atoms. The molecular formula is C13H18N2OS. The first-order valence-corrected chi connectivity index (χ1v) is 6.90. The topological polar surface area (TPSA) is 32.3 Å². The summed E-state index contributed by atoms with van der Waals surface area (Å²) in [6.45, 7) is 3.52. The fourth-order valence-electron chi connectivity index (χ4n) is 2.06. The van der Waals surface area contributed by atoms with Gasteiger partial charge in [0.2, 0.25) is 5.91 Å². The predicted molar refractivity (Wildman–Crippen MR) is 72.6 cm³/mol. The molecule has 0 radical (unpaired) electrons. The van der Waals surface area contributed by atoms with Crippen LogP contribution in [0.25, 0.3) is 0 Å². The molecule has 1 aliphatic rings. The number of fused-ring (bicyclic) bond motifs is 1. The van der Waals surface area contributed by atoms with Gasteiger partial charge in [-0.3, -0.25) is 4.79 Å². The maximum absolute atomic E-state index is 12.3. The molecule has 1 amide bonds. The molecule has 1 N–H and O–H groups in total. The van der Waals surface area contributed by atoms with Gasteiger partial charge in [0.1, 0.15) is 0 Å². The SMILES string of the molecule is CNCC(C)C(=O)N1CCSc2ccccc21. The van der Waals surface area contributed by atoms with Crippen LogP contribution in [-0.4, -0.2) is 31.8 Å². The minimum atomic E-state index is 0.0242. The first-order valence-electron chi connectivity index (χ1n) is 5.92. The van der Waals surface area contributed by atoms with Crippen LogP contribution < -0.4 is 10.2 Å². The average molecular weight is 250 g/mol. The van der Waals surface area contributed by atoms with Gasteiger partial charge in [0.25, 0.3) is 0 Å². The molecule has 2 rings (SSSR count). The van der Waals surface area contributed by atoms with E-state index in [4.69, 9.17) is 0 Å². The maximum atomic E-state index is 12.3. The number of rotatable bonds is 3. The highest BCUT2D eigenvalue weighted by Crippen LogP contribution is 2.34. The summed E-state index contributed by atoms with van der Waals surface area (Å²) in [5.74, 6) is 1.22. The van der Waals surface area contributed by atoms with Gasteiger partial charge in [-0.15, -0.1) is 11.8 Å². The van der Waals surface area contributed by atoms with Crippen molar-refractivity contribution in [3.8, 4) is 0 Å². The van der Waals surface area contributed by atoms with E-state index in [0.717, 1.165) is 24.5 Å². The first kappa shape index (κ1) is 12.5. The smallest absolute Gasteiger partial charge is 0.231 e. The van der Waals surface area contributed by atoms with E-state index >= 15 is 0 Å². The van der Waals surface area contributed by atoms with Gasteiger partial charge < -0.3 is 10.2 Å². The summed E-state index contributed by atoms with van der Waals surface area (Å²) in [5, 5.41) is 3.06. The highest BCUT2D eigenvalue weighted by Gasteiger charge is 2.25. The van der Waals surface area contributed by atoms with Crippen LogP contribution in [0.3, 0.4) is 0 Å². The molecule has 0 saturated carbocycles. The van der Waals surface area contributed by atoms with Crippen molar-refractivity contribution < 1.29 is 4.79 Å². The lowest BCUT2D eigenvalue weighted by Crippen LogP contribution is -2.41. The highest BCUT2D eigenvalue weighted by molar-refractivity contribution is 7.99. The highest BCUT2D eigenvalue weighted by atomic mass is 32.2. The number of amides is 1. The summed E-state index contributed by atoms with van der Waals surface area (Å²) >= 11 is 1.83. The molecule has 92 valence electrons. The number of carbonyl (C=O) groups excluding carboxylic acids is 1. The van der Waals surface area contributed by atoms with Crippen molar-refractivity contribution in [2.75, 3.05) is 30.8 Å². The van der Waals surface area contributed by atoms with E-state index in [2.05, 4.69) is 11.4 Å². The molecule has 1 heterocycles. The number of para-hydroxylation sites is 1. The molecule has 1 aromatic rings. The Morgan fingerprint density at radius 1 is 1.53 bits per heavy atom. The van der Waals surface area contributed by atoms with E-state index in [9.17, 15) is 4.79 Å². The van der Waals surface area contributed by atoms with Gasteiger partial charge in [0, 0.05) is 29.7 Å². The molecule has 1 aliphatic heterocycles. The molecule has 4 heteroatoms. The van der Waals surface area contributed by atoms with Crippen molar-refractivity contribution in [3.05, 3.63) is 24.3 Å². The van der Waals surface area contributed by atoms with E-state index < -0.39 is 0 Å². The van der Waals surface area contributed by atoms with E-state index in [1.165, 1.54) is 4.90 Å². The van der Waals surface area contributed by atoms with Gasteiger partial charge in [-0.05, 0) is 19.2 Å². The fraction of sp³-hybridized carbons (Fsp3) is 0.462. The Hall–Kier alpha value is -1.00. The first-order chi connectivity index (χ1) is 8.24. The molecule has 0 aromatic heterocycles. The van der Waals surface area contributed by atoms with Crippen LogP contribution >= 0.6 is 11.8 Å². The molecule has 1 aromatic carbocycles. The van der Waals surface area contributed by atoms with Crippen molar-refractivity contribution >= 4 is 23.4 Å². The minimum Gasteiger partial charge on any atom is -0.319 e. The predicted octanol–water partition coefficient (Wildman–Crippen LogP) is 1.98. The summed E-state index contributed by atoms with van der Waals surface area (Å²) in [6, 6.07) is 8.14. The van der Waals surface area contributed by atoms with Gasteiger partial charge in [0.15, 0.2) is 0 Å². The Balaban J connectivity index is 2.20. The lowest BCUT2D eigenvalue weighted by atomic mass is 10.1. The van der Waals surface area contributed by atoms with Crippen molar-refractivity contribution in [3.63, 3.8) is 0 Å². The van der Waals surface area contributed by atoms with E-state index in [0.29, 0.717) is 0 Å². The number of hydrogen-bond acceptors (Lipinski definition) is 3. The van der Waals surface area contributed by atoms with Crippen LogP contribution in [-0.2, 0) is 4.79 Å². The average Bonchev–Trinajstić information content (AvgIpc) is 2.37. The van der Waals surface area contributed by atoms with Crippen molar-refractivity contribution in [2.45, 2.75) is 11.8 Å². The number of thioether (sulfide) groups is 1. The number of carbonyl (C=O) groups is 1. The number of hydrogen-bond donors (Lipinski definition) is 1. The summed E-state index contributed by atoms with van der Waals surface area (Å²) in [4.78, 5) is 15.5.